The van der Waals surface area contributed by atoms with Gasteiger partial charge in [-0.25, -0.2) is 0 Å². The van der Waals surface area contributed by atoms with Gasteiger partial charge in [-0.05, 0) is 25.5 Å². The van der Waals surface area contributed by atoms with Crippen molar-refractivity contribution in [2.75, 3.05) is 11.1 Å². The summed E-state index contributed by atoms with van der Waals surface area (Å²) in [7, 11) is 1.85. The SMILES string of the molecule is Cc1cc(NC(=O)CSc2nnc(COc3ccccc3C)n2C)no1. The first kappa shape index (κ1) is 18.0. The van der Waals surface area contributed by atoms with Crippen LogP contribution in [0.1, 0.15) is 17.1 Å². The van der Waals surface area contributed by atoms with E-state index in [1.807, 2.05) is 42.8 Å². The smallest absolute Gasteiger partial charge is 0.236 e. The highest BCUT2D eigenvalue weighted by atomic mass is 32.2. The average Bonchev–Trinajstić information content (AvgIpc) is 3.18. The number of nitrogens with zero attached hydrogens (tertiary/aromatic N) is 4. The number of para-hydroxylation sites is 1. The lowest BCUT2D eigenvalue weighted by Crippen LogP contribution is -2.14. The zero-order valence-corrected chi connectivity index (χ0v) is 15.5. The molecule has 3 rings (SSSR count). The molecule has 0 fully saturated rings. The molecule has 3 aromatic rings. The molecule has 0 saturated carbocycles. The topological polar surface area (TPSA) is 95.1 Å². The number of carbonyl (C=O) groups excluding carboxylic acids is 1. The zero-order chi connectivity index (χ0) is 18.5. The van der Waals surface area contributed by atoms with Crippen LogP contribution in [-0.2, 0) is 18.4 Å². The minimum Gasteiger partial charge on any atom is -0.485 e. The van der Waals surface area contributed by atoms with Crippen LogP contribution >= 0.6 is 11.8 Å². The maximum Gasteiger partial charge on any atom is 0.236 e. The number of amides is 1. The number of hydrogen-bond donors (Lipinski definition) is 1. The van der Waals surface area contributed by atoms with Crippen LogP contribution in [0.25, 0.3) is 0 Å². The fourth-order valence-electron chi connectivity index (χ4n) is 2.19. The van der Waals surface area contributed by atoms with Gasteiger partial charge in [0.05, 0.1) is 5.75 Å². The average molecular weight is 373 g/mol. The first-order valence-corrected chi connectivity index (χ1v) is 8.94. The molecule has 0 aliphatic carbocycles. The number of benzene rings is 1. The molecule has 1 N–H and O–H groups in total. The highest BCUT2D eigenvalue weighted by molar-refractivity contribution is 7.99. The minimum absolute atomic E-state index is 0.191. The van der Waals surface area contributed by atoms with Crippen molar-refractivity contribution in [3.05, 3.63) is 47.5 Å². The standard InChI is InChI=1S/C17H19N5O3S/c1-11-6-4-5-7-13(11)24-9-15-19-20-17(22(15)3)26-10-16(23)18-14-8-12(2)25-21-14/h4-8H,9-10H2,1-3H3,(H,18,21,23). The lowest BCUT2D eigenvalue weighted by molar-refractivity contribution is -0.113. The third kappa shape index (κ3) is 4.42. The van der Waals surface area contributed by atoms with E-state index in [9.17, 15) is 4.79 Å². The number of thioether (sulfide) groups is 1. The molecular weight excluding hydrogens is 354 g/mol. The van der Waals surface area contributed by atoms with E-state index in [4.69, 9.17) is 9.26 Å². The van der Waals surface area contributed by atoms with Crippen LogP contribution in [0.5, 0.6) is 5.75 Å². The van der Waals surface area contributed by atoms with Gasteiger partial charge in [0.15, 0.2) is 16.8 Å². The summed E-state index contributed by atoms with van der Waals surface area (Å²) in [4.78, 5) is 12.0. The summed E-state index contributed by atoms with van der Waals surface area (Å²) in [6.45, 7) is 4.05. The normalized spacial score (nSPS) is 10.7. The van der Waals surface area contributed by atoms with E-state index in [0.29, 0.717) is 29.2 Å². The maximum atomic E-state index is 12.0. The Balaban J connectivity index is 1.53. The fraction of sp³-hybridized carbons (Fsp3) is 0.294. The molecule has 0 bridgehead atoms. The molecule has 0 saturated heterocycles. The fourth-order valence-corrected chi connectivity index (χ4v) is 2.92. The van der Waals surface area contributed by atoms with E-state index >= 15 is 0 Å². The molecule has 0 atom stereocenters. The van der Waals surface area contributed by atoms with Crippen molar-refractivity contribution in [1.29, 1.82) is 0 Å². The van der Waals surface area contributed by atoms with E-state index in [2.05, 4.69) is 20.7 Å². The predicted molar refractivity (Wildman–Crippen MR) is 97.1 cm³/mol. The Labute approximate surface area is 154 Å². The zero-order valence-electron chi connectivity index (χ0n) is 14.7. The van der Waals surface area contributed by atoms with Crippen molar-refractivity contribution in [3.63, 3.8) is 0 Å². The lowest BCUT2D eigenvalue weighted by atomic mass is 10.2. The second kappa shape index (κ2) is 8.05. The first-order valence-electron chi connectivity index (χ1n) is 7.95. The van der Waals surface area contributed by atoms with Crippen LogP contribution in [0.15, 0.2) is 40.0 Å². The molecule has 26 heavy (non-hydrogen) atoms. The number of aryl methyl sites for hydroxylation is 2. The number of anilines is 1. The summed E-state index contributed by atoms with van der Waals surface area (Å²) >= 11 is 1.29. The predicted octanol–water partition coefficient (Wildman–Crippen LogP) is 2.73. The van der Waals surface area contributed by atoms with Crippen molar-refractivity contribution >= 4 is 23.5 Å². The van der Waals surface area contributed by atoms with Gasteiger partial charge in [-0.2, -0.15) is 0 Å². The number of hydrogen-bond acceptors (Lipinski definition) is 7. The monoisotopic (exact) mass is 373 g/mol. The number of rotatable bonds is 7. The van der Waals surface area contributed by atoms with Gasteiger partial charge in [-0.1, -0.05) is 35.1 Å². The molecule has 1 amide bonds. The second-order valence-corrected chi connectivity index (χ2v) is 6.61. The van der Waals surface area contributed by atoms with Gasteiger partial charge in [0, 0.05) is 13.1 Å². The van der Waals surface area contributed by atoms with Crippen molar-refractivity contribution in [3.8, 4) is 5.75 Å². The van der Waals surface area contributed by atoms with E-state index in [-0.39, 0.29) is 11.7 Å². The molecule has 0 aliphatic rings. The van der Waals surface area contributed by atoms with Crippen LogP contribution in [0, 0.1) is 13.8 Å². The molecular formula is C17H19N5O3S. The number of carbonyl (C=O) groups is 1. The van der Waals surface area contributed by atoms with Crippen LogP contribution in [0.3, 0.4) is 0 Å². The maximum absolute atomic E-state index is 12.0. The lowest BCUT2D eigenvalue weighted by Gasteiger charge is -2.08. The summed E-state index contributed by atoms with van der Waals surface area (Å²) in [5, 5.41) is 15.3. The molecule has 0 radical (unpaired) electrons. The quantitative estimate of drug-likeness (QED) is 0.636. The molecule has 2 heterocycles. The Hall–Kier alpha value is -2.81. The molecule has 2 aromatic heterocycles. The third-order valence-corrected chi connectivity index (χ3v) is 4.62. The number of ether oxygens (including phenoxy) is 1. The Morgan fingerprint density at radius 1 is 1.31 bits per heavy atom. The Morgan fingerprint density at radius 2 is 2.12 bits per heavy atom. The molecule has 1 aromatic carbocycles. The van der Waals surface area contributed by atoms with Gasteiger partial charge in [0.1, 0.15) is 18.1 Å². The second-order valence-electron chi connectivity index (χ2n) is 5.67. The van der Waals surface area contributed by atoms with Gasteiger partial charge in [-0.15, -0.1) is 10.2 Å². The van der Waals surface area contributed by atoms with Crippen molar-refractivity contribution < 1.29 is 14.1 Å². The van der Waals surface area contributed by atoms with Gasteiger partial charge < -0.3 is 19.1 Å². The Kier molecular flexibility index (Phi) is 5.57. The van der Waals surface area contributed by atoms with Gasteiger partial charge >= 0.3 is 0 Å². The summed E-state index contributed by atoms with van der Waals surface area (Å²) in [6, 6.07) is 9.45. The summed E-state index contributed by atoms with van der Waals surface area (Å²) in [5.74, 6) is 2.54. The molecule has 8 nitrogen and oxygen atoms in total. The number of aromatic nitrogens is 4. The Bertz CT molecular complexity index is 905. The van der Waals surface area contributed by atoms with Crippen LogP contribution < -0.4 is 10.1 Å². The summed E-state index contributed by atoms with van der Waals surface area (Å²) in [6.07, 6.45) is 0. The van der Waals surface area contributed by atoms with Crippen LogP contribution in [0.4, 0.5) is 5.82 Å². The number of nitrogens with one attached hydrogen (secondary N) is 1. The van der Waals surface area contributed by atoms with Crippen molar-refractivity contribution in [2.45, 2.75) is 25.6 Å². The van der Waals surface area contributed by atoms with E-state index < -0.39 is 0 Å². The largest absolute Gasteiger partial charge is 0.485 e. The summed E-state index contributed by atoms with van der Waals surface area (Å²) < 4.78 is 12.5. The van der Waals surface area contributed by atoms with Crippen LogP contribution in [-0.4, -0.2) is 31.6 Å². The highest BCUT2D eigenvalue weighted by Crippen LogP contribution is 2.20. The molecule has 136 valence electrons. The van der Waals surface area contributed by atoms with Crippen LogP contribution in [0.2, 0.25) is 0 Å². The van der Waals surface area contributed by atoms with E-state index in [1.165, 1.54) is 11.8 Å². The first-order chi connectivity index (χ1) is 12.5. The third-order valence-electron chi connectivity index (χ3n) is 3.60. The van der Waals surface area contributed by atoms with E-state index in [0.717, 1.165) is 11.3 Å². The van der Waals surface area contributed by atoms with Crippen molar-refractivity contribution in [1.82, 2.24) is 19.9 Å². The van der Waals surface area contributed by atoms with E-state index in [1.54, 1.807) is 13.0 Å². The molecule has 0 spiro atoms. The Morgan fingerprint density at radius 3 is 2.85 bits per heavy atom. The molecule has 0 aliphatic heterocycles. The summed E-state index contributed by atoms with van der Waals surface area (Å²) in [5.41, 5.74) is 1.06. The van der Waals surface area contributed by atoms with Crippen molar-refractivity contribution in [2.24, 2.45) is 7.05 Å². The molecule has 0 unspecified atom stereocenters. The van der Waals surface area contributed by atoms with Gasteiger partial charge in [0.2, 0.25) is 5.91 Å². The highest BCUT2D eigenvalue weighted by Gasteiger charge is 2.13. The molecule has 9 heteroatoms. The minimum atomic E-state index is -0.191. The van der Waals surface area contributed by atoms with Gasteiger partial charge in [0.25, 0.3) is 0 Å². The van der Waals surface area contributed by atoms with Gasteiger partial charge in [-0.3, -0.25) is 4.79 Å².